The van der Waals surface area contributed by atoms with Crippen molar-refractivity contribution in [2.45, 2.75) is 432 Å². The molecule has 6 atom stereocenters. The normalized spacial score (nSPS) is 14.2. The van der Waals surface area contributed by atoms with Crippen LogP contribution in [0.3, 0.4) is 0 Å². The summed E-state index contributed by atoms with van der Waals surface area (Å²) < 4.78 is 68.6. The maximum absolute atomic E-state index is 13.1. The Morgan fingerprint density at radius 1 is 0.289 bits per heavy atom. The van der Waals surface area contributed by atoms with Crippen LogP contribution in [0.1, 0.15) is 413 Å². The van der Waals surface area contributed by atoms with E-state index in [1.54, 1.807) is 0 Å². The molecule has 0 aliphatic heterocycles. The number of ether oxygens (including phenoxy) is 4. The molecule has 0 amide bonds. The Morgan fingerprint density at radius 2 is 0.495 bits per heavy atom. The predicted molar refractivity (Wildman–Crippen MR) is 395 cm³/mol. The molecule has 0 aromatic carbocycles. The van der Waals surface area contributed by atoms with Gasteiger partial charge in [0.1, 0.15) is 19.3 Å². The van der Waals surface area contributed by atoms with Crippen molar-refractivity contribution >= 4 is 39.5 Å². The zero-order chi connectivity index (χ0) is 71.2. The highest BCUT2D eigenvalue weighted by atomic mass is 31.2. The smallest absolute Gasteiger partial charge is 0.462 e. The lowest BCUT2D eigenvalue weighted by atomic mass is 9.99. The van der Waals surface area contributed by atoms with Crippen LogP contribution in [0.4, 0.5) is 0 Å². The summed E-state index contributed by atoms with van der Waals surface area (Å²) in [6.45, 7) is 7.31. The number of hydrogen-bond donors (Lipinski definition) is 3. The third-order valence-corrected chi connectivity index (χ3v) is 20.5. The van der Waals surface area contributed by atoms with Crippen molar-refractivity contribution in [1.82, 2.24) is 0 Å². The summed E-state index contributed by atoms with van der Waals surface area (Å²) in [6.07, 6.45) is 61.0. The number of esters is 4. The number of aliphatic hydroxyl groups is 1. The second-order valence-corrected chi connectivity index (χ2v) is 31.3. The Hall–Kier alpha value is -1.94. The second-order valence-electron chi connectivity index (χ2n) is 28.3. The van der Waals surface area contributed by atoms with Gasteiger partial charge in [-0.25, -0.2) is 9.13 Å². The molecule has 576 valence electrons. The number of aliphatic hydroxyl groups excluding tert-OH is 1. The number of carbonyl (C=O) groups excluding carboxylic acids is 4. The maximum atomic E-state index is 13.1. The average molecular weight is 1420 g/mol. The van der Waals surface area contributed by atoms with Crippen LogP contribution in [0.5, 0.6) is 0 Å². The molecule has 0 aromatic rings. The van der Waals surface area contributed by atoms with E-state index in [2.05, 4.69) is 34.6 Å². The van der Waals surface area contributed by atoms with E-state index in [0.29, 0.717) is 25.7 Å². The van der Waals surface area contributed by atoms with Crippen LogP contribution in [0.15, 0.2) is 0 Å². The average Bonchev–Trinajstić information content (AvgIpc) is 1.03. The molecule has 17 nitrogen and oxygen atoms in total. The van der Waals surface area contributed by atoms with Crippen molar-refractivity contribution < 1.29 is 80.2 Å². The first-order valence-corrected chi connectivity index (χ1v) is 43.7. The second kappa shape index (κ2) is 71.1. The van der Waals surface area contributed by atoms with Crippen molar-refractivity contribution in [3.8, 4) is 0 Å². The van der Waals surface area contributed by atoms with Gasteiger partial charge >= 0.3 is 39.5 Å². The largest absolute Gasteiger partial charge is 0.472 e. The summed E-state index contributed by atoms with van der Waals surface area (Å²) >= 11 is 0. The summed E-state index contributed by atoms with van der Waals surface area (Å²) in [5.41, 5.74) is 0. The first-order valence-electron chi connectivity index (χ1n) is 40.7. The molecule has 0 aromatic heterocycles. The summed E-state index contributed by atoms with van der Waals surface area (Å²) in [4.78, 5) is 72.8. The van der Waals surface area contributed by atoms with Crippen LogP contribution < -0.4 is 0 Å². The third-order valence-electron chi connectivity index (χ3n) is 18.6. The molecule has 0 saturated heterocycles. The summed E-state index contributed by atoms with van der Waals surface area (Å²) in [5, 5.41) is 10.6. The summed E-state index contributed by atoms with van der Waals surface area (Å²) in [7, 11) is -9.91. The number of phosphoric acid groups is 2. The minimum absolute atomic E-state index is 0.106. The Morgan fingerprint density at radius 3 is 0.732 bits per heavy atom. The first-order chi connectivity index (χ1) is 47.1. The van der Waals surface area contributed by atoms with Crippen LogP contribution in [-0.2, 0) is 65.4 Å². The van der Waals surface area contributed by atoms with Gasteiger partial charge in [0.2, 0.25) is 0 Å². The van der Waals surface area contributed by atoms with Gasteiger partial charge in [-0.15, -0.1) is 0 Å². The van der Waals surface area contributed by atoms with Gasteiger partial charge < -0.3 is 33.8 Å². The van der Waals surface area contributed by atoms with Gasteiger partial charge in [-0.1, -0.05) is 362 Å². The molecule has 0 heterocycles. The molecule has 0 saturated carbocycles. The predicted octanol–water partition coefficient (Wildman–Crippen LogP) is 23.3. The Bertz CT molecular complexity index is 1860. The van der Waals surface area contributed by atoms with Gasteiger partial charge in [0.25, 0.3) is 0 Å². The quantitative estimate of drug-likeness (QED) is 0.0222. The van der Waals surface area contributed by atoms with E-state index >= 15 is 0 Å². The van der Waals surface area contributed by atoms with E-state index in [1.807, 2.05) is 0 Å². The fourth-order valence-corrected chi connectivity index (χ4v) is 13.6. The monoisotopic (exact) mass is 1420 g/mol. The molecule has 0 rings (SSSR count). The van der Waals surface area contributed by atoms with E-state index in [4.69, 9.17) is 37.0 Å². The molecule has 19 heteroatoms. The molecule has 97 heavy (non-hydrogen) atoms. The van der Waals surface area contributed by atoms with Gasteiger partial charge in [0, 0.05) is 25.7 Å². The number of rotatable bonds is 78. The van der Waals surface area contributed by atoms with Crippen LogP contribution in [-0.4, -0.2) is 96.7 Å². The van der Waals surface area contributed by atoms with Crippen molar-refractivity contribution in [3.05, 3.63) is 0 Å². The Labute approximate surface area is 594 Å². The van der Waals surface area contributed by atoms with Gasteiger partial charge in [-0.05, 0) is 31.6 Å². The maximum Gasteiger partial charge on any atom is 0.472 e. The standard InChI is InChI=1S/C78H152O17P2/c1-6-10-13-16-19-22-24-26-28-30-31-32-34-36-38-43-48-53-58-63-77(82)95-74(68-89-76(81)62-57-52-47-42-37-35-33-29-27-25-23-20-17-14-11-7-2)70-93-97(86,87)91-66-72(79)65-90-96(84,85)92-69-73(67-88-75(80)61-56-51-46-21-18-15-12-8-3)94-78(83)64-59-54-49-44-40-39-41-45-50-55-60-71(5)9-4/h71-74,79H,6-70H2,1-5H3,(H,84,85)(H,86,87)/t71?,72-,73+,74+/m0/s1. The zero-order valence-corrected chi connectivity index (χ0v) is 65.0. The zero-order valence-electron chi connectivity index (χ0n) is 63.2. The van der Waals surface area contributed by atoms with E-state index < -0.39 is 97.5 Å². The Balaban J connectivity index is 5.21. The molecule has 3 unspecified atom stereocenters. The van der Waals surface area contributed by atoms with E-state index in [-0.39, 0.29) is 25.7 Å². The van der Waals surface area contributed by atoms with Gasteiger partial charge in [-0.3, -0.25) is 37.3 Å². The van der Waals surface area contributed by atoms with Crippen LogP contribution in [0.25, 0.3) is 0 Å². The molecule has 0 aliphatic rings. The van der Waals surface area contributed by atoms with Crippen LogP contribution in [0, 0.1) is 5.92 Å². The topological polar surface area (TPSA) is 237 Å². The highest BCUT2D eigenvalue weighted by Crippen LogP contribution is 2.45. The minimum atomic E-state index is -4.96. The minimum Gasteiger partial charge on any atom is -0.462 e. The Kier molecular flexibility index (Phi) is 69.6. The van der Waals surface area contributed by atoms with Crippen molar-refractivity contribution in [1.29, 1.82) is 0 Å². The molecular formula is C78H152O17P2. The number of unbranched alkanes of at least 4 members (excludes halogenated alkanes) is 49. The number of hydrogen-bond acceptors (Lipinski definition) is 15. The molecule has 0 radical (unpaired) electrons. The van der Waals surface area contributed by atoms with Crippen molar-refractivity contribution in [2.24, 2.45) is 5.92 Å². The van der Waals surface area contributed by atoms with Crippen molar-refractivity contribution in [3.63, 3.8) is 0 Å². The first kappa shape index (κ1) is 95.1. The highest BCUT2D eigenvalue weighted by molar-refractivity contribution is 7.47. The molecule has 0 spiro atoms. The van der Waals surface area contributed by atoms with Gasteiger partial charge in [-0.2, -0.15) is 0 Å². The van der Waals surface area contributed by atoms with E-state index in [0.717, 1.165) is 102 Å². The highest BCUT2D eigenvalue weighted by Gasteiger charge is 2.30. The lowest BCUT2D eigenvalue weighted by molar-refractivity contribution is -0.161. The third kappa shape index (κ3) is 70.9. The molecule has 3 N–H and O–H groups in total. The van der Waals surface area contributed by atoms with E-state index in [1.165, 1.54) is 231 Å². The molecule has 0 bridgehead atoms. The van der Waals surface area contributed by atoms with Crippen LogP contribution in [0.2, 0.25) is 0 Å². The summed E-state index contributed by atoms with van der Waals surface area (Å²) in [6, 6.07) is 0. The lowest BCUT2D eigenvalue weighted by Gasteiger charge is -2.21. The fraction of sp³-hybridized carbons (Fsp3) is 0.949. The van der Waals surface area contributed by atoms with Gasteiger partial charge in [0.15, 0.2) is 12.2 Å². The SMILES string of the molecule is CCCCCCCCCCCCCCCCCCCCCC(=O)O[C@H](COC(=O)CCCCCCCCCCCCCCCCCC)COP(=O)(O)OC[C@@H](O)COP(=O)(O)OC[C@@H](COC(=O)CCCCCCCCCC)OC(=O)CCCCCCCCCCCCC(C)CC. The van der Waals surface area contributed by atoms with E-state index in [9.17, 15) is 43.2 Å². The van der Waals surface area contributed by atoms with Crippen LogP contribution >= 0.6 is 15.6 Å². The number of carbonyl (C=O) groups is 4. The molecule has 0 fully saturated rings. The molecule has 0 aliphatic carbocycles. The van der Waals surface area contributed by atoms with Gasteiger partial charge in [0.05, 0.1) is 26.4 Å². The number of phosphoric ester groups is 2. The lowest BCUT2D eigenvalue weighted by Crippen LogP contribution is -2.30. The summed E-state index contributed by atoms with van der Waals surface area (Å²) in [5.74, 6) is -1.31. The fourth-order valence-electron chi connectivity index (χ4n) is 12.0. The van der Waals surface area contributed by atoms with Crippen molar-refractivity contribution in [2.75, 3.05) is 39.6 Å². The molecular weight excluding hydrogens is 1270 g/mol.